The van der Waals surface area contributed by atoms with Crippen molar-refractivity contribution in [1.29, 1.82) is 5.41 Å². The molecule has 1 heterocycles. The molecule has 2 aromatic rings. The molecule has 1 aromatic heterocycles. The molecule has 6 nitrogen and oxygen atoms in total. The number of benzene rings is 1. The van der Waals surface area contributed by atoms with Crippen molar-refractivity contribution in [2.24, 2.45) is 17.6 Å². The molecule has 0 spiro atoms. The molecule has 2 aliphatic carbocycles. The van der Waals surface area contributed by atoms with Crippen LogP contribution < -0.4 is 11.1 Å². The number of ether oxygens (including phenoxy) is 1. The molecular weight excluding hydrogens is 354 g/mol. The summed E-state index contributed by atoms with van der Waals surface area (Å²) in [6, 6.07) is 5.27. The van der Waals surface area contributed by atoms with Gasteiger partial charge in [-0.3, -0.25) is 5.41 Å². The lowest BCUT2D eigenvalue weighted by molar-refractivity contribution is 0.126. The van der Waals surface area contributed by atoms with Gasteiger partial charge in [0, 0.05) is 16.0 Å². The molecule has 1 fully saturated rings. The van der Waals surface area contributed by atoms with Crippen molar-refractivity contribution in [3.8, 4) is 0 Å². The topological polar surface area (TPSA) is 101 Å². The van der Waals surface area contributed by atoms with E-state index in [0.717, 1.165) is 43.4 Å². The Morgan fingerprint density at radius 1 is 1.38 bits per heavy atom. The van der Waals surface area contributed by atoms with Crippen LogP contribution in [0.15, 0.2) is 18.2 Å². The van der Waals surface area contributed by atoms with Gasteiger partial charge in [-0.25, -0.2) is 4.79 Å². The number of carbonyl (C=O) groups excluding carboxylic acids is 1. The first-order chi connectivity index (χ1) is 12.4. The number of fused-ring (bicyclic) bond motifs is 5. The van der Waals surface area contributed by atoms with Gasteiger partial charge in [0.1, 0.15) is 0 Å². The Morgan fingerprint density at radius 3 is 2.96 bits per heavy atom. The van der Waals surface area contributed by atoms with Crippen LogP contribution >= 0.6 is 11.6 Å². The molecule has 1 saturated carbocycles. The Morgan fingerprint density at radius 2 is 2.19 bits per heavy atom. The van der Waals surface area contributed by atoms with E-state index in [1.165, 1.54) is 4.73 Å². The van der Waals surface area contributed by atoms with Crippen molar-refractivity contribution in [2.45, 2.75) is 38.0 Å². The van der Waals surface area contributed by atoms with Crippen molar-refractivity contribution >= 4 is 28.6 Å². The maximum atomic E-state index is 10.8. The number of aromatic nitrogens is 1. The molecule has 4 N–H and O–H groups in total. The molecule has 7 heteroatoms. The van der Waals surface area contributed by atoms with Gasteiger partial charge in [0.25, 0.3) is 0 Å². The van der Waals surface area contributed by atoms with Crippen molar-refractivity contribution in [3.63, 3.8) is 0 Å². The van der Waals surface area contributed by atoms with Crippen LogP contribution in [0.1, 0.15) is 42.9 Å². The lowest BCUT2D eigenvalue weighted by atomic mass is 9.66. The Hall–Kier alpha value is -2.21. The fourth-order valence-corrected chi connectivity index (χ4v) is 5.05. The summed E-state index contributed by atoms with van der Waals surface area (Å²) >= 11 is 6.08. The molecule has 3 unspecified atom stereocenters. The normalized spacial score (nSPS) is 24.3. The van der Waals surface area contributed by atoms with Crippen LogP contribution in [0.2, 0.25) is 5.02 Å². The summed E-state index contributed by atoms with van der Waals surface area (Å²) in [5.41, 5.74) is 7.43. The molecule has 4 rings (SSSR count). The maximum absolute atomic E-state index is 10.8. The third-order valence-corrected chi connectivity index (χ3v) is 6.09. The minimum Gasteiger partial charge on any atom is -0.450 e. The second-order valence-corrected chi connectivity index (χ2v) is 7.94. The van der Waals surface area contributed by atoms with Crippen LogP contribution in [0.4, 0.5) is 4.79 Å². The first kappa shape index (κ1) is 17.2. The van der Waals surface area contributed by atoms with E-state index in [-0.39, 0.29) is 5.92 Å². The van der Waals surface area contributed by atoms with Gasteiger partial charge in [0.15, 0.2) is 0 Å². The van der Waals surface area contributed by atoms with Crippen molar-refractivity contribution in [2.75, 3.05) is 6.61 Å². The number of nitrogens with zero attached hydrogens (tertiary/aromatic N) is 1. The van der Waals surface area contributed by atoms with E-state index in [4.69, 9.17) is 27.5 Å². The molecule has 2 aliphatic rings. The summed E-state index contributed by atoms with van der Waals surface area (Å²) in [6.07, 6.45) is 3.84. The number of halogens is 1. The summed E-state index contributed by atoms with van der Waals surface area (Å²) in [7, 11) is 0. The zero-order valence-electron chi connectivity index (χ0n) is 14.4. The molecule has 138 valence electrons. The van der Waals surface area contributed by atoms with Crippen LogP contribution in [0.3, 0.4) is 0 Å². The minimum absolute atomic E-state index is 0.252. The third kappa shape index (κ3) is 2.92. The Labute approximate surface area is 156 Å². The second-order valence-electron chi connectivity index (χ2n) is 7.51. The van der Waals surface area contributed by atoms with Crippen molar-refractivity contribution < 1.29 is 14.7 Å². The average molecular weight is 376 g/mol. The van der Waals surface area contributed by atoms with Gasteiger partial charge in [-0.15, -0.1) is 0 Å². The van der Waals surface area contributed by atoms with Crippen LogP contribution in [0, 0.1) is 17.2 Å². The van der Waals surface area contributed by atoms with E-state index in [9.17, 15) is 10.0 Å². The molecule has 2 bridgehead atoms. The molecule has 0 aliphatic heterocycles. The molecule has 0 saturated heterocycles. The Balaban J connectivity index is 1.70. The lowest BCUT2D eigenvalue weighted by Gasteiger charge is -2.40. The van der Waals surface area contributed by atoms with E-state index in [2.05, 4.69) is 0 Å². The van der Waals surface area contributed by atoms with Gasteiger partial charge >= 0.3 is 6.09 Å². The van der Waals surface area contributed by atoms with Crippen LogP contribution in [0.5, 0.6) is 0 Å². The number of nitrogens with one attached hydrogen (secondary N) is 1. The van der Waals surface area contributed by atoms with Gasteiger partial charge < -0.3 is 15.7 Å². The highest BCUT2D eigenvalue weighted by atomic mass is 35.5. The quantitative estimate of drug-likeness (QED) is 0.715. The van der Waals surface area contributed by atoms with E-state index in [1.54, 1.807) is 18.2 Å². The highest BCUT2D eigenvalue weighted by Gasteiger charge is 2.37. The summed E-state index contributed by atoms with van der Waals surface area (Å²) in [4.78, 5) is 10.8. The van der Waals surface area contributed by atoms with Crippen LogP contribution in [-0.4, -0.2) is 22.6 Å². The van der Waals surface area contributed by atoms with Gasteiger partial charge in [0.2, 0.25) is 0 Å². The zero-order chi connectivity index (χ0) is 18.4. The Bertz CT molecular complexity index is 940. The fraction of sp³-hybridized carbons (Fsp3) is 0.474. The van der Waals surface area contributed by atoms with Gasteiger partial charge in [0.05, 0.1) is 23.2 Å². The minimum atomic E-state index is -0.730. The number of carbonyl (C=O) groups is 1. The zero-order valence-corrected chi connectivity index (χ0v) is 15.1. The second kappa shape index (κ2) is 6.50. The third-order valence-electron chi connectivity index (χ3n) is 5.86. The molecule has 3 atom stereocenters. The Kier molecular flexibility index (Phi) is 4.31. The number of hydrogen-bond donors (Lipinski definition) is 3. The molecule has 0 radical (unpaired) electrons. The molecule has 26 heavy (non-hydrogen) atoms. The molecule has 1 aromatic carbocycles. The van der Waals surface area contributed by atoms with Gasteiger partial charge in [-0.2, -0.15) is 4.73 Å². The first-order valence-electron chi connectivity index (χ1n) is 8.97. The summed E-state index contributed by atoms with van der Waals surface area (Å²) in [5.74, 6) is 1.16. The number of rotatable bonds is 3. The van der Waals surface area contributed by atoms with Gasteiger partial charge in [-0.05, 0) is 68.1 Å². The van der Waals surface area contributed by atoms with E-state index >= 15 is 0 Å². The smallest absolute Gasteiger partial charge is 0.404 e. The van der Waals surface area contributed by atoms with Crippen molar-refractivity contribution in [3.05, 3.63) is 39.8 Å². The lowest BCUT2D eigenvalue weighted by Crippen LogP contribution is -2.35. The molecule has 1 amide bonds. The predicted octanol–water partition coefficient (Wildman–Crippen LogP) is 3.55. The van der Waals surface area contributed by atoms with Gasteiger partial charge in [-0.1, -0.05) is 11.6 Å². The largest absolute Gasteiger partial charge is 0.450 e. The summed E-state index contributed by atoms with van der Waals surface area (Å²) < 4.78 is 6.13. The van der Waals surface area contributed by atoms with E-state index in [0.29, 0.717) is 39.7 Å². The predicted molar refractivity (Wildman–Crippen MR) is 97.4 cm³/mol. The highest BCUT2D eigenvalue weighted by Crippen LogP contribution is 2.46. The standard InChI is InChI=1S/C19H22ClN3O3/c20-13-1-2-14-15(9-13)23(25)16-8-11-5-10(3-4-26-19(22)24)6-12(7-11)17(16)18(14)21/h1-2,9-12,21,25H,3-8H2,(H2,22,24). The SMILES string of the molecule is N=c1c2c(n(O)c3cc(Cl)ccc13)CC1CC(CCOC(N)=O)CC2C1. The van der Waals surface area contributed by atoms with E-state index in [1.807, 2.05) is 0 Å². The first-order valence-corrected chi connectivity index (χ1v) is 9.35. The summed E-state index contributed by atoms with van der Waals surface area (Å²) in [5, 5.41) is 21.2. The van der Waals surface area contributed by atoms with E-state index < -0.39 is 6.09 Å². The number of amides is 1. The molecular formula is C19H22ClN3O3. The number of pyridine rings is 1. The number of primary amides is 1. The fourth-order valence-electron chi connectivity index (χ4n) is 4.88. The number of nitrogens with two attached hydrogens (primary N) is 1. The van der Waals surface area contributed by atoms with Crippen molar-refractivity contribution in [1.82, 2.24) is 4.73 Å². The average Bonchev–Trinajstić information content (AvgIpc) is 2.58. The monoisotopic (exact) mass is 375 g/mol. The summed E-state index contributed by atoms with van der Waals surface area (Å²) in [6.45, 7) is 0.344. The maximum Gasteiger partial charge on any atom is 0.404 e. The van der Waals surface area contributed by atoms with Crippen LogP contribution in [0.25, 0.3) is 10.9 Å². The highest BCUT2D eigenvalue weighted by molar-refractivity contribution is 6.31. The number of hydrogen-bond acceptors (Lipinski definition) is 4. The van der Waals surface area contributed by atoms with Crippen LogP contribution in [-0.2, 0) is 11.2 Å².